The van der Waals surface area contributed by atoms with Gasteiger partial charge in [0.2, 0.25) is 0 Å². The van der Waals surface area contributed by atoms with Crippen LogP contribution in [-0.2, 0) is 16.4 Å². The highest BCUT2D eigenvalue weighted by atomic mass is 35.5. The summed E-state index contributed by atoms with van der Waals surface area (Å²) in [5, 5.41) is 3.42. The van der Waals surface area contributed by atoms with Gasteiger partial charge in [-0.2, -0.15) is 0 Å². The third-order valence-electron chi connectivity index (χ3n) is 4.89. The minimum absolute atomic E-state index is 0.114. The molecule has 0 saturated carbocycles. The SMILES string of the molecule is CCCCCNC(=O)c1ccc2c(c1)CCCN2S(=O)(=O)c1ccc(Cl)cc1. The number of carbonyl (C=O) groups is 1. The van der Waals surface area contributed by atoms with Crippen molar-refractivity contribution in [1.29, 1.82) is 0 Å². The van der Waals surface area contributed by atoms with Crippen LogP contribution in [-0.4, -0.2) is 27.4 Å². The van der Waals surface area contributed by atoms with Crippen molar-refractivity contribution >= 4 is 33.2 Å². The number of aryl methyl sites for hydroxylation is 1. The third kappa shape index (κ3) is 4.50. The number of unbranched alkanes of at least 4 members (excludes halogenated alkanes) is 2. The van der Waals surface area contributed by atoms with E-state index >= 15 is 0 Å². The van der Waals surface area contributed by atoms with Crippen LogP contribution in [0, 0.1) is 0 Å². The second-order valence-corrected chi connectivity index (χ2v) is 9.24. The molecule has 0 bridgehead atoms. The molecule has 0 unspecified atom stereocenters. The molecule has 0 aliphatic carbocycles. The van der Waals surface area contributed by atoms with Crippen molar-refractivity contribution in [2.75, 3.05) is 17.4 Å². The summed E-state index contributed by atoms with van der Waals surface area (Å²) >= 11 is 5.88. The molecular formula is C21H25ClN2O3S. The molecule has 1 aliphatic heterocycles. The number of hydrogen-bond donors (Lipinski definition) is 1. The van der Waals surface area contributed by atoms with E-state index in [9.17, 15) is 13.2 Å². The van der Waals surface area contributed by atoms with E-state index in [1.807, 2.05) is 6.07 Å². The number of nitrogens with zero attached hydrogens (tertiary/aromatic N) is 1. The lowest BCUT2D eigenvalue weighted by Gasteiger charge is -2.30. The number of benzene rings is 2. The Bertz CT molecular complexity index is 943. The van der Waals surface area contributed by atoms with E-state index in [0.717, 1.165) is 31.2 Å². The first-order valence-corrected chi connectivity index (χ1v) is 11.4. The fraction of sp³-hybridized carbons (Fsp3) is 0.381. The molecular weight excluding hydrogens is 396 g/mol. The molecule has 2 aromatic carbocycles. The molecule has 0 atom stereocenters. The number of halogens is 1. The number of nitrogens with one attached hydrogen (secondary N) is 1. The van der Waals surface area contributed by atoms with Crippen molar-refractivity contribution < 1.29 is 13.2 Å². The van der Waals surface area contributed by atoms with E-state index in [-0.39, 0.29) is 10.8 Å². The monoisotopic (exact) mass is 420 g/mol. The molecule has 1 heterocycles. The Morgan fingerprint density at radius 3 is 2.61 bits per heavy atom. The van der Waals surface area contributed by atoms with Gasteiger partial charge in [-0.15, -0.1) is 0 Å². The molecule has 7 heteroatoms. The normalized spacial score (nSPS) is 13.9. The van der Waals surface area contributed by atoms with E-state index in [0.29, 0.717) is 35.8 Å². The van der Waals surface area contributed by atoms with E-state index in [1.54, 1.807) is 24.3 Å². The smallest absolute Gasteiger partial charge is 0.264 e. The molecule has 1 amide bonds. The molecule has 0 radical (unpaired) electrons. The van der Waals surface area contributed by atoms with Gasteiger partial charge in [0.15, 0.2) is 0 Å². The number of sulfonamides is 1. The van der Waals surface area contributed by atoms with Crippen molar-refractivity contribution in [2.45, 2.75) is 43.9 Å². The summed E-state index contributed by atoms with van der Waals surface area (Å²) in [4.78, 5) is 12.6. The van der Waals surface area contributed by atoms with Crippen molar-refractivity contribution in [3.05, 3.63) is 58.6 Å². The summed E-state index contributed by atoms with van der Waals surface area (Å²) in [6.45, 7) is 3.19. The lowest BCUT2D eigenvalue weighted by Crippen LogP contribution is -2.35. The van der Waals surface area contributed by atoms with Gasteiger partial charge in [-0.1, -0.05) is 31.4 Å². The van der Waals surface area contributed by atoms with Gasteiger partial charge < -0.3 is 5.32 Å². The van der Waals surface area contributed by atoms with Crippen LogP contribution in [0.4, 0.5) is 5.69 Å². The van der Waals surface area contributed by atoms with Gasteiger partial charge in [0, 0.05) is 23.7 Å². The predicted molar refractivity (Wildman–Crippen MR) is 113 cm³/mol. The summed E-state index contributed by atoms with van der Waals surface area (Å²) in [5.41, 5.74) is 2.09. The average Bonchev–Trinajstić information content (AvgIpc) is 2.70. The lowest BCUT2D eigenvalue weighted by molar-refractivity contribution is 0.0953. The zero-order valence-electron chi connectivity index (χ0n) is 15.9. The Kier molecular flexibility index (Phi) is 6.62. The Morgan fingerprint density at radius 1 is 1.14 bits per heavy atom. The van der Waals surface area contributed by atoms with Crippen LogP contribution in [0.25, 0.3) is 0 Å². The molecule has 3 rings (SSSR count). The van der Waals surface area contributed by atoms with Crippen LogP contribution in [0.3, 0.4) is 0 Å². The zero-order chi connectivity index (χ0) is 20.1. The molecule has 1 aliphatic rings. The molecule has 28 heavy (non-hydrogen) atoms. The second-order valence-electron chi connectivity index (χ2n) is 6.94. The molecule has 0 aromatic heterocycles. The predicted octanol–water partition coefficient (Wildman–Crippen LogP) is 4.40. The van der Waals surface area contributed by atoms with Crippen molar-refractivity contribution in [2.24, 2.45) is 0 Å². The van der Waals surface area contributed by atoms with Gasteiger partial charge >= 0.3 is 0 Å². The van der Waals surface area contributed by atoms with E-state index in [2.05, 4.69) is 12.2 Å². The number of fused-ring (bicyclic) bond motifs is 1. The average molecular weight is 421 g/mol. The minimum atomic E-state index is -3.67. The first kappa shape index (κ1) is 20.7. The van der Waals surface area contributed by atoms with Crippen LogP contribution in [0.2, 0.25) is 5.02 Å². The molecule has 150 valence electrons. The Balaban J connectivity index is 1.82. The lowest BCUT2D eigenvalue weighted by atomic mass is 10.0. The van der Waals surface area contributed by atoms with Crippen LogP contribution >= 0.6 is 11.6 Å². The van der Waals surface area contributed by atoms with Crippen molar-refractivity contribution in [3.8, 4) is 0 Å². The molecule has 0 fully saturated rings. The van der Waals surface area contributed by atoms with Gasteiger partial charge in [0.25, 0.3) is 15.9 Å². The minimum Gasteiger partial charge on any atom is -0.352 e. The summed E-state index contributed by atoms with van der Waals surface area (Å²) in [6, 6.07) is 11.4. The van der Waals surface area contributed by atoms with Crippen LogP contribution in [0.5, 0.6) is 0 Å². The van der Waals surface area contributed by atoms with Crippen LogP contribution < -0.4 is 9.62 Å². The van der Waals surface area contributed by atoms with Gasteiger partial charge in [0.05, 0.1) is 10.6 Å². The van der Waals surface area contributed by atoms with Crippen molar-refractivity contribution in [1.82, 2.24) is 5.32 Å². The fourth-order valence-corrected chi connectivity index (χ4v) is 5.03. The quantitative estimate of drug-likeness (QED) is 0.675. The fourth-order valence-electron chi connectivity index (χ4n) is 3.37. The molecule has 2 aromatic rings. The number of anilines is 1. The largest absolute Gasteiger partial charge is 0.352 e. The topological polar surface area (TPSA) is 66.5 Å². The highest BCUT2D eigenvalue weighted by Gasteiger charge is 2.29. The second kappa shape index (κ2) is 8.97. The Labute approximate surface area is 171 Å². The maximum absolute atomic E-state index is 13.1. The number of carbonyl (C=O) groups excluding carboxylic acids is 1. The molecule has 5 nitrogen and oxygen atoms in total. The zero-order valence-corrected chi connectivity index (χ0v) is 17.5. The molecule has 0 spiro atoms. The van der Waals surface area contributed by atoms with E-state index in [4.69, 9.17) is 11.6 Å². The van der Waals surface area contributed by atoms with Gasteiger partial charge in [-0.25, -0.2) is 8.42 Å². The van der Waals surface area contributed by atoms with Crippen LogP contribution in [0.1, 0.15) is 48.5 Å². The van der Waals surface area contributed by atoms with Crippen LogP contribution in [0.15, 0.2) is 47.4 Å². The van der Waals surface area contributed by atoms with Gasteiger partial charge in [-0.3, -0.25) is 9.10 Å². The summed E-state index contributed by atoms with van der Waals surface area (Å²) in [6.07, 6.45) is 4.61. The number of amides is 1. The maximum Gasteiger partial charge on any atom is 0.264 e. The van der Waals surface area contributed by atoms with Crippen molar-refractivity contribution in [3.63, 3.8) is 0 Å². The van der Waals surface area contributed by atoms with Gasteiger partial charge in [0.1, 0.15) is 0 Å². The number of rotatable bonds is 7. The molecule has 0 saturated heterocycles. The van der Waals surface area contributed by atoms with Gasteiger partial charge in [-0.05, 0) is 67.3 Å². The standard InChI is InChI=1S/C21H25ClN2O3S/c1-2-3-4-13-23-21(25)17-7-12-20-16(15-17)6-5-14-24(20)28(26,27)19-10-8-18(22)9-11-19/h7-12,15H,2-6,13-14H2,1H3,(H,23,25). The maximum atomic E-state index is 13.1. The highest BCUT2D eigenvalue weighted by molar-refractivity contribution is 7.92. The Morgan fingerprint density at radius 2 is 1.89 bits per heavy atom. The Hall–Kier alpha value is -2.05. The first-order valence-electron chi connectivity index (χ1n) is 9.63. The molecule has 1 N–H and O–H groups in total. The third-order valence-corrected chi connectivity index (χ3v) is 6.96. The van der Waals surface area contributed by atoms with E-state index < -0.39 is 10.0 Å². The summed E-state index contributed by atoms with van der Waals surface area (Å²) in [5.74, 6) is -0.114. The number of hydrogen-bond acceptors (Lipinski definition) is 3. The summed E-state index contributed by atoms with van der Waals surface area (Å²) in [7, 11) is -3.67. The van der Waals surface area contributed by atoms with E-state index in [1.165, 1.54) is 16.4 Å². The first-order chi connectivity index (χ1) is 13.4. The highest BCUT2D eigenvalue weighted by Crippen LogP contribution is 2.33. The summed E-state index contributed by atoms with van der Waals surface area (Å²) < 4.78 is 27.6.